The second kappa shape index (κ2) is 7.98. The molecule has 0 saturated heterocycles. The van der Waals surface area contributed by atoms with Crippen molar-refractivity contribution in [1.82, 2.24) is 10.2 Å². The van der Waals surface area contributed by atoms with Gasteiger partial charge >= 0.3 is 5.97 Å². The fraction of sp³-hybridized carbons (Fsp3) is 0.556. The Balaban J connectivity index is 1.53. The van der Waals surface area contributed by atoms with Crippen LogP contribution in [-0.4, -0.2) is 53.3 Å². The summed E-state index contributed by atoms with van der Waals surface area (Å²) in [6.07, 6.45) is 5.95. The van der Waals surface area contributed by atoms with Gasteiger partial charge in [0.1, 0.15) is 0 Å². The van der Waals surface area contributed by atoms with E-state index in [9.17, 15) is 9.59 Å². The lowest BCUT2D eigenvalue weighted by atomic mass is 9.85. The Morgan fingerprint density at radius 2 is 2.08 bits per heavy atom. The number of halogens is 1. The van der Waals surface area contributed by atoms with Crippen LogP contribution in [0.5, 0.6) is 0 Å². The van der Waals surface area contributed by atoms with Crippen LogP contribution in [0.1, 0.15) is 36.0 Å². The fourth-order valence-corrected chi connectivity index (χ4v) is 3.86. The number of carboxylic acids is 1. The Hall–Kier alpha value is -1.24. The molecule has 1 aromatic rings. The first-order chi connectivity index (χ1) is 12.0. The van der Waals surface area contributed by atoms with E-state index in [4.69, 9.17) is 16.7 Å². The van der Waals surface area contributed by atoms with E-state index in [1.165, 1.54) is 12.8 Å². The summed E-state index contributed by atoms with van der Waals surface area (Å²) in [7, 11) is 0. The molecule has 0 unspecified atom stereocenters. The van der Waals surface area contributed by atoms with Crippen molar-refractivity contribution in [2.75, 3.05) is 19.3 Å². The Morgan fingerprint density at radius 1 is 1.36 bits per heavy atom. The summed E-state index contributed by atoms with van der Waals surface area (Å²) < 4.78 is 0. The van der Waals surface area contributed by atoms with Crippen LogP contribution in [0.15, 0.2) is 23.1 Å². The Morgan fingerprint density at radius 3 is 2.68 bits per heavy atom. The van der Waals surface area contributed by atoms with Crippen LogP contribution >= 0.6 is 23.4 Å². The average molecular weight is 383 g/mol. The predicted molar refractivity (Wildman–Crippen MR) is 99.4 cm³/mol. The summed E-state index contributed by atoms with van der Waals surface area (Å²) >= 11 is 7.72. The third-order valence-corrected chi connectivity index (χ3v) is 5.97. The monoisotopic (exact) mass is 382 g/mol. The molecule has 0 aliphatic heterocycles. The Bertz CT molecular complexity index is 660. The number of carboxylic acid groups (broad SMARTS) is 1. The maximum absolute atomic E-state index is 12.5. The van der Waals surface area contributed by atoms with Gasteiger partial charge in [0.15, 0.2) is 0 Å². The third-order valence-electron chi connectivity index (χ3n) is 4.91. The summed E-state index contributed by atoms with van der Waals surface area (Å²) in [5.74, 6) is -0.286. The van der Waals surface area contributed by atoms with Crippen molar-refractivity contribution in [3.63, 3.8) is 0 Å². The fourth-order valence-electron chi connectivity index (χ4n) is 3.22. The van der Waals surface area contributed by atoms with Crippen LogP contribution in [0.25, 0.3) is 0 Å². The van der Waals surface area contributed by atoms with E-state index in [-0.39, 0.29) is 24.5 Å². The standard InChI is InChI=1S/C18H23ClN2O3S/c1-25-14-4-5-16(19)15(8-14)18(24)20-12-6-13(7-12)21(10-17(22)23)9-11-2-3-11/h4-5,8,11-13H,2-3,6-7,9-10H2,1H3,(H,20,24)(H,22,23). The normalized spacial score (nSPS) is 22.5. The van der Waals surface area contributed by atoms with E-state index in [0.717, 1.165) is 24.3 Å². The molecule has 0 bridgehead atoms. The first kappa shape index (κ1) is 18.5. The molecule has 1 aromatic carbocycles. The van der Waals surface area contributed by atoms with E-state index in [0.29, 0.717) is 16.5 Å². The van der Waals surface area contributed by atoms with Crippen LogP contribution in [0, 0.1) is 5.92 Å². The first-order valence-electron chi connectivity index (χ1n) is 8.56. The number of aliphatic carboxylic acids is 1. The van der Waals surface area contributed by atoms with Gasteiger partial charge in [0.25, 0.3) is 5.91 Å². The van der Waals surface area contributed by atoms with Crippen LogP contribution in [0.4, 0.5) is 0 Å². The zero-order valence-corrected chi connectivity index (χ0v) is 15.8. The van der Waals surface area contributed by atoms with Gasteiger partial charge in [0, 0.05) is 23.5 Å². The van der Waals surface area contributed by atoms with Crippen molar-refractivity contribution in [1.29, 1.82) is 0 Å². The lowest BCUT2D eigenvalue weighted by molar-refractivity contribution is -0.139. The van der Waals surface area contributed by atoms with Gasteiger partial charge < -0.3 is 10.4 Å². The van der Waals surface area contributed by atoms with E-state index < -0.39 is 5.97 Å². The molecule has 5 nitrogen and oxygen atoms in total. The number of amides is 1. The molecule has 2 aliphatic rings. The molecule has 1 amide bonds. The SMILES string of the molecule is CSc1ccc(Cl)c(C(=O)NC2CC(N(CC(=O)O)CC3CC3)C2)c1. The summed E-state index contributed by atoms with van der Waals surface area (Å²) in [5.41, 5.74) is 0.498. The number of thioether (sulfide) groups is 1. The molecule has 2 aliphatic carbocycles. The number of benzene rings is 1. The van der Waals surface area contributed by atoms with Gasteiger partial charge in [-0.3, -0.25) is 14.5 Å². The van der Waals surface area contributed by atoms with Crippen molar-refractivity contribution < 1.29 is 14.7 Å². The lowest BCUT2D eigenvalue weighted by Gasteiger charge is -2.42. The first-order valence-corrected chi connectivity index (χ1v) is 10.2. The number of carbonyl (C=O) groups excluding carboxylic acids is 1. The second-order valence-corrected chi connectivity index (χ2v) is 8.19. The highest BCUT2D eigenvalue weighted by Crippen LogP contribution is 2.34. The summed E-state index contributed by atoms with van der Waals surface area (Å²) in [5, 5.41) is 12.6. The maximum Gasteiger partial charge on any atom is 0.317 e. The van der Waals surface area contributed by atoms with Crippen molar-refractivity contribution >= 4 is 35.2 Å². The van der Waals surface area contributed by atoms with Crippen LogP contribution < -0.4 is 5.32 Å². The minimum absolute atomic E-state index is 0.0852. The minimum Gasteiger partial charge on any atom is -0.480 e. The quantitative estimate of drug-likeness (QED) is 0.676. The number of hydrogen-bond acceptors (Lipinski definition) is 4. The highest BCUT2D eigenvalue weighted by molar-refractivity contribution is 7.98. The van der Waals surface area contributed by atoms with Gasteiger partial charge in [-0.2, -0.15) is 0 Å². The summed E-state index contributed by atoms with van der Waals surface area (Å²) in [4.78, 5) is 26.6. The van der Waals surface area contributed by atoms with Crippen molar-refractivity contribution in [2.24, 2.45) is 5.92 Å². The lowest BCUT2D eigenvalue weighted by Crippen LogP contribution is -2.55. The van der Waals surface area contributed by atoms with Crippen LogP contribution in [0.2, 0.25) is 5.02 Å². The molecule has 0 aromatic heterocycles. The third kappa shape index (κ3) is 4.90. The van der Waals surface area contributed by atoms with Crippen LogP contribution in [-0.2, 0) is 4.79 Å². The molecule has 25 heavy (non-hydrogen) atoms. The van der Waals surface area contributed by atoms with Crippen molar-refractivity contribution in [3.05, 3.63) is 28.8 Å². The molecule has 7 heteroatoms. The number of hydrogen-bond donors (Lipinski definition) is 2. The van der Waals surface area contributed by atoms with Crippen molar-refractivity contribution in [3.8, 4) is 0 Å². The molecule has 2 saturated carbocycles. The van der Waals surface area contributed by atoms with E-state index in [1.807, 2.05) is 18.4 Å². The maximum atomic E-state index is 12.5. The highest BCUT2D eigenvalue weighted by atomic mass is 35.5. The number of carbonyl (C=O) groups is 2. The van der Waals surface area contributed by atoms with Gasteiger partial charge in [-0.05, 0) is 56.1 Å². The molecular weight excluding hydrogens is 360 g/mol. The topological polar surface area (TPSA) is 69.6 Å². The Labute approximate surface area is 157 Å². The van der Waals surface area contributed by atoms with Gasteiger partial charge in [0.05, 0.1) is 17.1 Å². The van der Waals surface area contributed by atoms with Crippen LogP contribution in [0.3, 0.4) is 0 Å². The number of nitrogens with zero attached hydrogens (tertiary/aromatic N) is 1. The summed E-state index contributed by atoms with van der Waals surface area (Å²) in [6, 6.07) is 5.78. The van der Waals surface area contributed by atoms with Gasteiger partial charge in [0.2, 0.25) is 0 Å². The second-order valence-electron chi connectivity index (χ2n) is 6.91. The van der Waals surface area contributed by atoms with E-state index >= 15 is 0 Å². The smallest absolute Gasteiger partial charge is 0.317 e. The molecular formula is C18H23ClN2O3S. The van der Waals surface area contributed by atoms with Gasteiger partial charge in [-0.1, -0.05) is 11.6 Å². The zero-order valence-electron chi connectivity index (χ0n) is 14.2. The molecule has 0 spiro atoms. The predicted octanol–water partition coefficient (Wildman–Crippen LogP) is 3.12. The molecule has 2 fully saturated rings. The molecule has 0 heterocycles. The summed E-state index contributed by atoms with van der Waals surface area (Å²) in [6.45, 7) is 0.947. The number of nitrogens with one attached hydrogen (secondary N) is 1. The number of rotatable bonds is 8. The largest absolute Gasteiger partial charge is 0.480 e. The van der Waals surface area contributed by atoms with Crippen molar-refractivity contribution in [2.45, 2.75) is 42.7 Å². The molecule has 0 atom stereocenters. The molecule has 3 rings (SSSR count). The van der Waals surface area contributed by atoms with E-state index in [1.54, 1.807) is 17.8 Å². The van der Waals surface area contributed by atoms with E-state index in [2.05, 4.69) is 10.2 Å². The van der Waals surface area contributed by atoms with Gasteiger partial charge in [-0.15, -0.1) is 11.8 Å². The average Bonchev–Trinajstić information content (AvgIpc) is 3.33. The zero-order chi connectivity index (χ0) is 18.0. The van der Waals surface area contributed by atoms with Gasteiger partial charge in [-0.25, -0.2) is 0 Å². The Kier molecular flexibility index (Phi) is 5.92. The molecule has 136 valence electrons. The molecule has 0 radical (unpaired) electrons. The highest BCUT2D eigenvalue weighted by Gasteiger charge is 2.37. The minimum atomic E-state index is -0.784. The molecule has 2 N–H and O–H groups in total.